The molecular weight excluding hydrogens is 345 g/mol. The van der Waals surface area contributed by atoms with E-state index in [-0.39, 0.29) is 5.69 Å². The summed E-state index contributed by atoms with van der Waals surface area (Å²) >= 11 is 5.82. The number of aromatic nitrogens is 3. The van der Waals surface area contributed by atoms with Crippen LogP contribution in [0.3, 0.4) is 0 Å². The number of hydrogen-bond donors (Lipinski definition) is 1. The molecule has 1 unspecified atom stereocenters. The number of fused-ring (bicyclic) bond motifs is 1. The number of amides is 1. The summed E-state index contributed by atoms with van der Waals surface area (Å²) in [6, 6.07) is 11.2. The summed E-state index contributed by atoms with van der Waals surface area (Å²) in [6.07, 6.45) is -6.26. The van der Waals surface area contributed by atoms with E-state index in [1.807, 2.05) is 0 Å². The van der Waals surface area contributed by atoms with E-state index in [0.29, 0.717) is 21.7 Å². The van der Waals surface area contributed by atoms with Crippen molar-refractivity contribution in [3.63, 3.8) is 0 Å². The lowest BCUT2D eigenvalue weighted by atomic mass is 10.2. The summed E-state index contributed by atoms with van der Waals surface area (Å²) in [7, 11) is 0. The van der Waals surface area contributed by atoms with Crippen molar-refractivity contribution in [1.82, 2.24) is 15.0 Å². The molecule has 1 N–H and O–H groups in total. The number of halogens is 4. The summed E-state index contributed by atoms with van der Waals surface area (Å²) in [5.41, 5.74) is 1.76. The molecule has 0 spiro atoms. The van der Waals surface area contributed by atoms with Crippen LogP contribution in [0.5, 0.6) is 0 Å². The van der Waals surface area contributed by atoms with Crippen molar-refractivity contribution in [3.05, 3.63) is 47.5 Å². The van der Waals surface area contributed by atoms with E-state index in [0.717, 1.165) is 0 Å². The molecule has 0 aliphatic rings. The van der Waals surface area contributed by atoms with Crippen LogP contribution < -0.4 is 5.32 Å². The van der Waals surface area contributed by atoms with Crippen LogP contribution in [0.4, 0.5) is 18.9 Å². The van der Waals surface area contributed by atoms with Gasteiger partial charge in [-0.15, -0.1) is 10.2 Å². The number of alkyl halides is 3. The Labute approximate surface area is 139 Å². The summed E-state index contributed by atoms with van der Waals surface area (Å²) < 4.78 is 37.3. The van der Waals surface area contributed by atoms with Crippen LogP contribution in [0, 0.1) is 0 Å². The highest BCUT2D eigenvalue weighted by Gasteiger charge is 2.27. The number of nitrogens with one attached hydrogen (secondary N) is 1. The van der Waals surface area contributed by atoms with Crippen molar-refractivity contribution in [1.29, 1.82) is 0 Å². The molecule has 2 aromatic carbocycles. The summed E-state index contributed by atoms with van der Waals surface area (Å²) in [6.45, 7) is 0. The quantitative estimate of drug-likeness (QED) is 0.778. The minimum Gasteiger partial charge on any atom is -0.323 e. The van der Waals surface area contributed by atoms with Crippen LogP contribution >= 0.6 is 11.6 Å². The second kappa shape index (κ2) is 6.48. The minimum absolute atomic E-state index is 0.152. The molecule has 9 heteroatoms. The molecule has 124 valence electrons. The van der Waals surface area contributed by atoms with Gasteiger partial charge < -0.3 is 5.32 Å². The van der Waals surface area contributed by atoms with Crippen molar-refractivity contribution in [2.75, 3.05) is 5.32 Å². The van der Waals surface area contributed by atoms with E-state index < -0.39 is 18.5 Å². The van der Waals surface area contributed by atoms with Gasteiger partial charge in [0.05, 0.1) is 5.69 Å². The average Bonchev–Trinajstić information content (AvgIpc) is 2.97. The maximum atomic E-state index is 13.0. The van der Waals surface area contributed by atoms with Gasteiger partial charge in [-0.05, 0) is 42.5 Å². The van der Waals surface area contributed by atoms with Crippen LogP contribution in [0.15, 0.2) is 42.5 Å². The maximum Gasteiger partial charge on any atom is 0.278 e. The van der Waals surface area contributed by atoms with Gasteiger partial charge in [-0.2, -0.15) is 4.80 Å². The Morgan fingerprint density at radius 3 is 2.38 bits per heavy atom. The Morgan fingerprint density at radius 1 is 1.04 bits per heavy atom. The van der Waals surface area contributed by atoms with Gasteiger partial charge in [-0.1, -0.05) is 11.6 Å². The lowest BCUT2D eigenvalue weighted by Gasteiger charge is -2.08. The van der Waals surface area contributed by atoms with Crippen LogP contribution in [-0.4, -0.2) is 33.5 Å². The van der Waals surface area contributed by atoms with E-state index in [1.54, 1.807) is 30.3 Å². The molecule has 3 aromatic rings. The van der Waals surface area contributed by atoms with Gasteiger partial charge in [-0.25, -0.2) is 13.2 Å². The monoisotopic (exact) mass is 354 g/mol. The molecule has 5 nitrogen and oxygen atoms in total. The largest absolute Gasteiger partial charge is 0.323 e. The van der Waals surface area contributed by atoms with Crippen molar-refractivity contribution in [2.24, 2.45) is 0 Å². The summed E-state index contributed by atoms with van der Waals surface area (Å²) in [5, 5.41) is 11.1. The Kier molecular flexibility index (Phi) is 4.39. The van der Waals surface area contributed by atoms with Crippen molar-refractivity contribution >= 4 is 34.2 Å². The third-order valence-electron chi connectivity index (χ3n) is 3.18. The van der Waals surface area contributed by atoms with Gasteiger partial charge in [0.25, 0.3) is 12.3 Å². The number of nitrogens with zero attached hydrogens (tertiary/aromatic N) is 3. The van der Waals surface area contributed by atoms with Gasteiger partial charge in [0.2, 0.25) is 6.17 Å². The lowest BCUT2D eigenvalue weighted by Crippen LogP contribution is -2.29. The molecule has 24 heavy (non-hydrogen) atoms. The average molecular weight is 355 g/mol. The molecule has 0 saturated heterocycles. The fraction of sp³-hybridized carbons (Fsp3) is 0.133. The molecule has 0 aliphatic carbocycles. The maximum absolute atomic E-state index is 13.0. The third kappa shape index (κ3) is 3.33. The minimum atomic E-state index is -3.38. The smallest absolute Gasteiger partial charge is 0.278 e. The summed E-state index contributed by atoms with van der Waals surface area (Å²) in [5.74, 6) is -1.41. The number of rotatable bonds is 4. The van der Waals surface area contributed by atoms with E-state index in [4.69, 9.17) is 11.6 Å². The first-order valence-corrected chi connectivity index (χ1v) is 7.18. The van der Waals surface area contributed by atoms with Gasteiger partial charge in [0.15, 0.2) is 0 Å². The SMILES string of the molecule is O=C(Nc1ccc2nn(-c3ccc(Cl)cc3)nc2c1)C(F)C(F)F. The van der Waals surface area contributed by atoms with E-state index >= 15 is 0 Å². The molecule has 0 fully saturated rings. The summed E-state index contributed by atoms with van der Waals surface area (Å²) in [4.78, 5) is 12.7. The van der Waals surface area contributed by atoms with Gasteiger partial charge in [0.1, 0.15) is 11.0 Å². The zero-order valence-electron chi connectivity index (χ0n) is 12.0. The van der Waals surface area contributed by atoms with Gasteiger partial charge >= 0.3 is 0 Å². The molecule has 1 atom stereocenters. The fourth-order valence-corrected chi connectivity index (χ4v) is 2.13. The second-order valence-electron chi connectivity index (χ2n) is 4.89. The van der Waals surface area contributed by atoms with Crippen molar-refractivity contribution in [3.8, 4) is 5.69 Å². The van der Waals surface area contributed by atoms with E-state index in [1.165, 1.54) is 16.9 Å². The molecule has 0 radical (unpaired) electrons. The number of benzene rings is 2. The van der Waals surface area contributed by atoms with Crippen LogP contribution in [0.1, 0.15) is 0 Å². The first-order chi connectivity index (χ1) is 11.4. The molecule has 1 amide bonds. The first-order valence-electron chi connectivity index (χ1n) is 6.80. The third-order valence-corrected chi connectivity index (χ3v) is 3.43. The number of carbonyl (C=O) groups excluding carboxylic acids is 1. The molecule has 0 bridgehead atoms. The zero-order chi connectivity index (χ0) is 17.3. The highest BCUT2D eigenvalue weighted by Crippen LogP contribution is 2.19. The fourth-order valence-electron chi connectivity index (χ4n) is 2.01. The Hall–Kier alpha value is -2.61. The number of hydrogen-bond acceptors (Lipinski definition) is 3. The van der Waals surface area contributed by atoms with Crippen LogP contribution in [-0.2, 0) is 4.79 Å². The predicted octanol–water partition coefficient (Wildman–Crippen LogP) is 3.62. The molecule has 3 rings (SSSR count). The normalized spacial score (nSPS) is 12.5. The highest BCUT2D eigenvalue weighted by molar-refractivity contribution is 6.30. The Balaban J connectivity index is 1.86. The molecule has 0 saturated carbocycles. The van der Waals surface area contributed by atoms with Gasteiger partial charge in [-0.3, -0.25) is 4.79 Å². The zero-order valence-corrected chi connectivity index (χ0v) is 12.7. The van der Waals surface area contributed by atoms with Crippen LogP contribution in [0.2, 0.25) is 5.02 Å². The molecular formula is C15H10ClF3N4O. The first kappa shape index (κ1) is 16.3. The standard InChI is InChI=1S/C15H10ClF3N4O/c16-8-1-4-10(5-2-8)23-21-11-6-3-9(7-12(11)22-23)20-15(24)13(17)14(18)19/h1-7,13-14H,(H,20,24). The topological polar surface area (TPSA) is 59.8 Å². The molecule has 0 aliphatic heterocycles. The second-order valence-corrected chi connectivity index (χ2v) is 5.33. The molecule has 1 heterocycles. The van der Waals surface area contributed by atoms with Crippen LogP contribution in [0.25, 0.3) is 16.7 Å². The van der Waals surface area contributed by atoms with Crippen molar-refractivity contribution in [2.45, 2.75) is 12.6 Å². The van der Waals surface area contributed by atoms with E-state index in [9.17, 15) is 18.0 Å². The lowest BCUT2D eigenvalue weighted by molar-refractivity contribution is -0.125. The Bertz CT molecular complexity index is 882. The molecule has 1 aromatic heterocycles. The number of anilines is 1. The van der Waals surface area contributed by atoms with Gasteiger partial charge in [0, 0.05) is 10.7 Å². The predicted molar refractivity (Wildman–Crippen MR) is 83.4 cm³/mol. The number of carbonyl (C=O) groups is 1. The van der Waals surface area contributed by atoms with Crippen molar-refractivity contribution < 1.29 is 18.0 Å². The Morgan fingerprint density at radius 2 is 1.71 bits per heavy atom. The highest BCUT2D eigenvalue weighted by atomic mass is 35.5. The van der Waals surface area contributed by atoms with E-state index in [2.05, 4.69) is 15.5 Å².